The first kappa shape index (κ1) is 18.0. The topological polar surface area (TPSA) is 110 Å². The highest BCUT2D eigenvalue weighted by Gasteiger charge is 2.31. The number of anilines is 3. The lowest BCUT2D eigenvalue weighted by molar-refractivity contribution is 0.129. The summed E-state index contributed by atoms with van der Waals surface area (Å²) in [5, 5.41) is 20.2. The maximum absolute atomic E-state index is 14.5. The zero-order valence-electron chi connectivity index (χ0n) is 15.3. The van der Waals surface area contributed by atoms with E-state index in [-0.39, 0.29) is 11.8 Å². The molecule has 3 aromatic rings. The van der Waals surface area contributed by atoms with Crippen molar-refractivity contribution >= 4 is 34.4 Å². The number of carbonyl (C=O) groups is 1. The smallest absolute Gasteiger partial charge is 0.408 e. The molecule has 0 radical (unpaired) electrons. The van der Waals surface area contributed by atoms with Crippen molar-refractivity contribution in [3.8, 4) is 0 Å². The molecule has 0 saturated carbocycles. The van der Waals surface area contributed by atoms with Gasteiger partial charge in [0, 0.05) is 24.7 Å². The molecule has 1 atom stereocenters. The lowest BCUT2D eigenvalue weighted by atomic mass is 10.1. The number of benzene rings is 1. The maximum atomic E-state index is 14.5. The quantitative estimate of drug-likeness (QED) is 0.633. The fraction of sp³-hybridized carbons (Fsp3) is 0.333. The molecule has 4 rings (SSSR count). The SMILES string of the molecule is CN(C(=O)O)C1CCCCN1c1nc(Nc2ccc3cn[nH]c3c2)ncc1F. The Bertz CT molecular complexity index is 1010. The highest BCUT2D eigenvalue weighted by molar-refractivity contribution is 5.82. The molecule has 3 heterocycles. The van der Waals surface area contributed by atoms with Crippen LogP contribution in [-0.2, 0) is 0 Å². The third kappa shape index (κ3) is 3.40. The molecule has 1 aromatic carbocycles. The molecular formula is C18H20FN7O2. The normalized spacial score (nSPS) is 16.9. The van der Waals surface area contributed by atoms with E-state index in [1.54, 1.807) is 11.1 Å². The first-order valence-electron chi connectivity index (χ1n) is 8.98. The molecule has 1 unspecified atom stereocenters. The Morgan fingerprint density at radius 3 is 3.07 bits per heavy atom. The summed E-state index contributed by atoms with van der Waals surface area (Å²) in [6.45, 7) is 0.524. The van der Waals surface area contributed by atoms with Gasteiger partial charge in [-0.15, -0.1) is 0 Å². The summed E-state index contributed by atoms with van der Waals surface area (Å²) in [6, 6.07) is 5.61. The predicted octanol–water partition coefficient (Wildman–Crippen LogP) is 3.16. The van der Waals surface area contributed by atoms with Crippen molar-refractivity contribution in [3.63, 3.8) is 0 Å². The molecule has 1 amide bonds. The minimum atomic E-state index is -1.06. The number of hydrogen-bond acceptors (Lipinski definition) is 6. The Kier molecular flexibility index (Phi) is 4.68. The second kappa shape index (κ2) is 7.29. The summed E-state index contributed by atoms with van der Waals surface area (Å²) in [6.07, 6.45) is 3.63. The van der Waals surface area contributed by atoms with Gasteiger partial charge in [0.1, 0.15) is 6.17 Å². The second-order valence-electron chi connectivity index (χ2n) is 6.73. The van der Waals surface area contributed by atoms with Crippen molar-refractivity contribution in [1.29, 1.82) is 0 Å². The zero-order valence-corrected chi connectivity index (χ0v) is 15.3. The number of fused-ring (bicyclic) bond motifs is 1. The molecule has 2 aromatic heterocycles. The van der Waals surface area contributed by atoms with Crippen LogP contribution in [0.1, 0.15) is 19.3 Å². The van der Waals surface area contributed by atoms with Gasteiger partial charge in [-0.2, -0.15) is 10.1 Å². The predicted molar refractivity (Wildman–Crippen MR) is 102 cm³/mol. The van der Waals surface area contributed by atoms with Crippen molar-refractivity contribution < 1.29 is 14.3 Å². The highest BCUT2D eigenvalue weighted by atomic mass is 19.1. The first-order valence-corrected chi connectivity index (χ1v) is 8.98. The van der Waals surface area contributed by atoms with Crippen LogP contribution in [-0.4, -0.2) is 56.0 Å². The molecule has 10 heteroatoms. The summed E-state index contributed by atoms with van der Waals surface area (Å²) >= 11 is 0. The number of aromatic amines is 1. The van der Waals surface area contributed by atoms with Crippen LogP contribution in [0.4, 0.5) is 26.6 Å². The van der Waals surface area contributed by atoms with E-state index in [1.807, 2.05) is 18.2 Å². The molecule has 1 aliphatic rings. The van der Waals surface area contributed by atoms with Crippen LogP contribution in [0.2, 0.25) is 0 Å². The van der Waals surface area contributed by atoms with E-state index in [0.29, 0.717) is 13.0 Å². The van der Waals surface area contributed by atoms with Gasteiger partial charge in [-0.25, -0.2) is 14.2 Å². The molecule has 28 heavy (non-hydrogen) atoms. The fourth-order valence-electron chi connectivity index (χ4n) is 3.45. The van der Waals surface area contributed by atoms with E-state index in [9.17, 15) is 14.3 Å². The summed E-state index contributed by atoms with van der Waals surface area (Å²) in [7, 11) is 1.49. The fourth-order valence-corrected chi connectivity index (χ4v) is 3.45. The van der Waals surface area contributed by atoms with E-state index in [1.165, 1.54) is 11.9 Å². The lowest BCUT2D eigenvalue weighted by Gasteiger charge is -2.40. The summed E-state index contributed by atoms with van der Waals surface area (Å²) in [4.78, 5) is 22.6. The maximum Gasteiger partial charge on any atom is 0.408 e. The Morgan fingerprint density at radius 2 is 2.25 bits per heavy atom. The Morgan fingerprint density at radius 1 is 1.39 bits per heavy atom. The van der Waals surface area contributed by atoms with Gasteiger partial charge in [0.15, 0.2) is 11.6 Å². The van der Waals surface area contributed by atoms with Crippen molar-refractivity contribution in [1.82, 2.24) is 25.1 Å². The Balaban J connectivity index is 1.63. The Labute approximate surface area is 160 Å². The van der Waals surface area contributed by atoms with Crippen molar-refractivity contribution in [3.05, 3.63) is 36.4 Å². The van der Waals surface area contributed by atoms with Crippen molar-refractivity contribution in [2.24, 2.45) is 0 Å². The van der Waals surface area contributed by atoms with Crippen LogP contribution in [0.3, 0.4) is 0 Å². The van der Waals surface area contributed by atoms with E-state index >= 15 is 0 Å². The average molecular weight is 385 g/mol. The van der Waals surface area contributed by atoms with Gasteiger partial charge in [0.2, 0.25) is 5.95 Å². The molecule has 0 bridgehead atoms. The van der Waals surface area contributed by atoms with E-state index < -0.39 is 18.1 Å². The van der Waals surface area contributed by atoms with Gasteiger partial charge in [0.25, 0.3) is 0 Å². The Hall–Kier alpha value is -3.43. The van der Waals surface area contributed by atoms with Gasteiger partial charge in [0.05, 0.1) is 17.9 Å². The molecule has 1 saturated heterocycles. The van der Waals surface area contributed by atoms with Crippen LogP contribution >= 0.6 is 0 Å². The molecular weight excluding hydrogens is 365 g/mol. The van der Waals surface area contributed by atoms with E-state index in [0.717, 1.165) is 35.6 Å². The van der Waals surface area contributed by atoms with Crippen molar-refractivity contribution in [2.75, 3.05) is 23.8 Å². The van der Waals surface area contributed by atoms with E-state index in [2.05, 4.69) is 25.5 Å². The van der Waals surface area contributed by atoms with Gasteiger partial charge >= 0.3 is 6.09 Å². The monoisotopic (exact) mass is 385 g/mol. The number of carboxylic acid groups (broad SMARTS) is 1. The van der Waals surface area contributed by atoms with E-state index in [4.69, 9.17) is 0 Å². The standard InChI is InChI=1S/C18H20FN7O2/c1-25(18(27)28)15-4-2-3-7-26(15)16-13(19)10-20-17(23-16)22-12-6-5-11-9-21-24-14(11)8-12/h5-6,8-10,15H,2-4,7H2,1H3,(H,21,24)(H,27,28)(H,20,22,23). The molecule has 0 aliphatic carbocycles. The van der Waals surface area contributed by atoms with Crippen LogP contribution in [0.5, 0.6) is 0 Å². The molecule has 9 nitrogen and oxygen atoms in total. The number of aromatic nitrogens is 4. The molecule has 0 spiro atoms. The van der Waals surface area contributed by atoms with Crippen LogP contribution in [0, 0.1) is 5.82 Å². The number of halogens is 1. The third-order valence-electron chi connectivity index (χ3n) is 4.92. The van der Waals surface area contributed by atoms with Gasteiger partial charge in [-0.3, -0.25) is 10.00 Å². The zero-order chi connectivity index (χ0) is 19.7. The average Bonchev–Trinajstić information content (AvgIpc) is 3.16. The first-order chi connectivity index (χ1) is 13.5. The van der Waals surface area contributed by atoms with Crippen molar-refractivity contribution in [2.45, 2.75) is 25.4 Å². The molecule has 1 aliphatic heterocycles. The number of nitrogens with zero attached hydrogens (tertiary/aromatic N) is 5. The number of H-pyrrole nitrogens is 1. The minimum Gasteiger partial charge on any atom is -0.465 e. The van der Waals surface area contributed by atoms with Crippen LogP contribution in [0.15, 0.2) is 30.6 Å². The number of rotatable bonds is 4. The lowest BCUT2D eigenvalue weighted by Crippen LogP contribution is -2.52. The van der Waals surface area contributed by atoms with Crippen LogP contribution in [0.25, 0.3) is 10.9 Å². The van der Waals surface area contributed by atoms with Gasteiger partial charge in [-0.1, -0.05) is 0 Å². The van der Waals surface area contributed by atoms with Gasteiger partial charge < -0.3 is 15.3 Å². The second-order valence-corrected chi connectivity index (χ2v) is 6.73. The minimum absolute atomic E-state index is 0.0953. The number of amides is 1. The summed E-state index contributed by atoms with van der Waals surface area (Å²) < 4.78 is 14.5. The molecule has 3 N–H and O–H groups in total. The molecule has 1 fully saturated rings. The molecule has 146 valence electrons. The number of nitrogens with one attached hydrogen (secondary N) is 2. The number of hydrogen-bond donors (Lipinski definition) is 3. The summed E-state index contributed by atoms with van der Waals surface area (Å²) in [5.41, 5.74) is 1.58. The largest absolute Gasteiger partial charge is 0.465 e. The van der Waals surface area contributed by atoms with Crippen LogP contribution < -0.4 is 10.2 Å². The van der Waals surface area contributed by atoms with Gasteiger partial charge in [-0.05, 0) is 37.5 Å². The number of piperidine rings is 1. The highest BCUT2D eigenvalue weighted by Crippen LogP contribution is 2.28. The summed E-state index contributed by atoms with van der Waals surface area (Å²) in [5.74, 6) is -0.254. The third-order valence-corrected chi connectivity index (χ3v) is 4.92.